The Labute approximate surface area is 172 Å². The Morgan fingerprint density at radius 3 is 2.30 bits per heavy atom. The van der Waals surface area contributed by atoms with Crippen LogP contribution in [0.1, 0.15) is 5.56 Å². The van der Waals surface area contributed by atoms with Crippen LogP contribution in [0.4, 0.5) is 18.9 Å². The first-order valence-electron chi connectivity index (χ1n) is 7.93. The van der Waals surface area contributed by atoms with Crippen molar-refractivity contribution in [1.29, 1.82) is 0 Å². The van der Waals surface area contributed by atoms with Gasteiger partial charge in [-0.3, -0.25) is 4.99 Å². The standard InChI is InChI=1S/C18H20F3N3O2.HI/c19-18(20,21)26-16-8-6-13(7-9-16)10-14(12-25)11-23-17(22)24-15-4-2-1-3-5-15;/h1-9,14,25H,10-12H2,(H3,22,23,24);1H. The predicted octanol–water partition coefficient (Wildman–Crippen LogP) is 3.78. The molecule has 0 aliphatic carbocycles. The smallest absolute Gasteiger partial charge is 0.406 e. The molecule has 0 bridgehead atoms. The second kappa shape index (κ2) is 11.0. The van der Waals surface area contributed by atoms with Crippen LogP contribution in [0.25, 0.3) is 0 Å². The molecule has 9 heteroatoms. The minimum Gasteiger partial charge on any atom is -0.406 e. The molecule has 2 aromatic rings. The highest BCUT2D eigenvalue weighted by Gasteiger charge is 2.30. The van der Waals surface area contributed by atoms with E-state index in [1.165, 1.54) is 24.3 Å². The second-order valence-corrected chi connectivity index (χ2v) is 5.66. The highest BCUT2D eigenvalue weighted by Crippen LogP contribution is 2.23. The van der Waals surface area contributed by atoms with E-state index in [0.29, 0.717) is 6.42 Å². The molecule has 4 N–H and O–H groups in total. The molecule has 148 valence electrons. The molecule has 1 unspecified atom stereocenters. The van der Waals surface area contributed by atoms with E-state index in [0.717, 1.165) is 11.3 Å². The van der Waals surface area contributed by atoms with Crippen molar-refractivity contribution in [2.45, 2.75) is 12.8 Å². The van der Waals surface area contributed by atoms with Crippen molar-refractivity contribution in [2.75, 3.05) is 18.5 Å². The number of halogens is 4. The molecule has 5 nitrogen and oxygen atoms in total. The Balaban J connectivity index is 0.00000364. The molecule has 27 heavy (non-hydrogen) atoms. The Hall–Kier alpha value is -2.01. The number of para-hydroxylation sites is 1. The first-order valence-corrected chi connectivity index (χ1v) is 7.93. The SMILES string of the molecule is I.NC(=NCC(CO)Cc1ccc(OC(F)(F)F)cc1)Nc1ccccc1. The Morgan fingerprint density at radius 2 is 1.74 bits per heavy atom. The number of anilines is 1. The summed E-state index contributed by atoms with van der Waals surface area (Å²) < 4.78 is 40.3. The molecule has 0 saturated heterocycles. The normalized spacial score (nSPS) is 12.8. The topological polar surface area (TPSA) is 79.9 Å². The number of hydrogen-bond acceptors (Lipinski definition) is 3. The summed E-state index contributed by atoms with van der Waals surface area (Å²) in [6, 6.07) is 14.8. The summed E-state index contributed by atoms with van der Waals surface area (Å²) in [5.41, 5.74) is 7.38. The Morgan fingerprint density at radius 1 is 1.11 bits per heavy atom. The quantitative estimate of drug-likeness (QED) is 0.311. The fourth-order valence-electron chi connectivity index (χ4n) is 2.28. The van der Waals surface area contributed by atoms with E-state index in [4.69, 9.17) is 5.73 Å². The van der Waals surface area contributed by atoms with Crippen LogP contribution in [0.2, 0.25) is 0 Å². The zero-order valence-electron chi connectivity index (χ0n) is 14.3. The van der Waals surface area contributed by atoms with Gasteiger partial charge in [0, 0.05) is 24.8 Å². The van der Waals surface area contributed by atoms with Crippen LogP contribution in [-0.2, 0) is 6.42 Å². The van der Waals surface area contributed by atoms with Crippen molar-refractivity contribution in [1.82, 2.24) is 0 Å². The number of aliphatic imine (C=N–C) groups is 1. The van der Waals surface area contributed by atoms with Gasteiger partial charge in [-0.1, -0.05) is 30.3 Å². The summed E-state index contributed by atoms with van der Waals surface area (Å²) in [4.78, 5) is 4.20. The van der Waals surface area contributed by atoms with Crippen LogP contribution in [0.5, 0.6) is 5.75 Å². The van der Waals surface area contributed by atoms with Crippen LogP contribution in [0, 0.1) is 5.92 Å². The predicted molar refractivity (Wildman–Crippen MR) is 109 cm³/mol. The molecular weight excluding hydrogens is 474 g/mol. The monoisotopic (exact) mass is 495 g/mol. The van der Waals surface area contributed by atoms with Gasteiger partial charge < -0.3 is 20.9 Å². The van der Waals surface area contributed by atoms with Crippen molar-refractivity contribution in [2.24, 2.45) is 16.6 Å². The third-order valence-corrected chi connectivity index (χ3v) is 3.51. The summed E-state index contributed by atoms with van der Waals surface area (Å²) >= 11 is 0. The van der Waals surface area contributed by atoms with Gasteiger partial charge in [0.15, 0.2) is 5.96 Å². The number of nitrogens with one attached hydrogen (secondary N) is 1. The van der Waals surface area contributed by atoms with Gasteiger partial charge >= 0.3 is 6.36 Å². The number of aliphatic hydroxyl groups is 1. The van der Waals surface area contributed by atoms with Crippen LogP contribution in [0.15, 0.2) is 59.6 Å². The van der Waals surface area contributed by atoms with Gasteiger partial charge in [0.25, 0.3) is 0 Å². The summed E-state index contributed by atoms with van der Waals surface area (Å²) in [5.74, 6) is -0.264. The van der Waals surface area contributed by atoms with Crippen LogP contribution < -0.4 is 15.8 Å². The maximum atomic E-state index is 12.2. The maximum absolute atomic E-state index is 12.2. The molecule has 1 atom stereocenters. The van der Waals surface area contributed by atoms with Crippen molar-refractivity contribution < 1.29 is 23.0 Å². The third kappa shape index (κ3) is 8.96. The van der Waals surface area contributed by atoms with Gasteiger partial charge in [-0.05, 0) is 36.2 Å². The highest BCUT2D eigenvalue weighted by molar-refractivity contribution is 14.0. The van der Waals surface area contributed by atoms with Gasteiger partial charge in [0.1, 0.15) is 5.75 Å². The van der Waals surface area contributed by atoms with Crippen LogP contribution in [-0.4, -0.2) is 30.6 Å². The largest absolute Gasteiger partial charge is 0.573 e. The van der Waals surface area contributed by atoms with Crippen LogP contribution in [0.3, 0.4) is 0 Å². The molecule has 0 saturated carbocycles. The number of rotatable bonds is 7. The van der Waals surface area contributed by atoms with Crippen molar-refractivity contribution in [3.8, 4) is 5.75 Å². The van der Waals surface area contributed by atoms with E-state index < -0.39 is 6.36 Å². The third-order valence-electron chi connectivity index (χ3n) is 3.51. The van der Waals surface area contributed by atoms with Gasteiger partial charge in [0.05, 0.1) is 0 Å². The number of hydrogen-bond donors (Lipinski definition) is 3. The molecule has 0 heterocycles. The first kappa shape index (κ1) is 23.0. The number of guanidine groups is 1. The van der Waals surface area contributed by atoms with E-state index in [2.05, 4.69) is 15.0 Å². The number of nitrogens with zero attached hydrogens (tertiary/aromatic N) is 1. The van der Waals surface area contributed by atoms with Crippen molar-refractivity contribution >= 4 is 35.6 Å². The molecule has 0 fully saturated rings. The minimum absolute atomic E-state index is 0. The van der Waals surface area contributed by atoms with E-state index in [-0.39, 0.29) is 54.8 Å². The summed E-state index contributed by atoms with van der Waals surface area (Å²) in [6.07, 6.45) is -4.27. The summed E-state index contributed by atoms with van der Waals surface area (Å²) in [6.45, 7) is 0.159. The molecule has 0 aliphatic rings. The fraction of sp³-hybridized carbons (Fsp3) is 0.278. The van der Waals surface area contributed by atoms with Gasteiger partial charge in [0.2, 0.25) is 0 Å². The molecule has 0 amide bonds. The van der Waals surface area contributed by atoms with Gasteiger partial charge in [-0.25, -0.2) is 0 Å². The van der Waals surface area contributed by atoms with Gasteiger partial charge in [-0.15, -0.1) is 37.1 Å². The maximum Gasteiger partial charge on any atom is 0.573 e. The zero-order chi connectivity index (χ0) is 19.0. The summed E-state index contributed by atoms with van der Waals surface area (Å²) in [5, 5.41) is 12.4. The number of ether oxygens (including phenoxy) is 1. The lowest BCUT2D eigenvalue weighted by molar-refractivity contribution is -0.274. The first-order chi connectivity index (χ1) is 12.4. The van der Waals surface area contributed by atoms with E-state index in [9.17, 15) is 18.3 Å². The van der Waals surface area contributed by atoms with Crippen LogP contribution >= 0.6 is 24.0 Å². The van der Waals surface area contributed by atoms with E-state index >= 15 is 0 Å². The average molecular weight is 495 g/mol. The highest BCUT2D eigenvalue weighted by atomic mass is 127. The number of alkyl halides is 3. The van der Waals surface area contributed by atoms with E-state index in [1.54, 1.807) is 0 Å². The van der Waals surface area contributed by atoms with Crippen molar-refractivity contribution in [3.63, 3.8) is 0 Å². The molecule has 2 rings (SSSR count). The molecule has 0 spiro atoms. The fourth-order valence-corrected chi connectivity index (χ4v) is 2.28. The summed E-state index contributed by atoms with van der Waals surface area (Å²) in [7, 11) is 0. The van der Waals surface area contributed by atoms with Crippen molar-refractivity contribution in [3.05, 3.63) is 60.2 Å². The molecule has 0 aromatic heterocycles. The Kier molecular flexibility index (Phi) is 9.36. The number of nitrogens with two attached hydrogens (primary N) is 1. The minimum atomic E-state index is -4.72. The lowest BCUT2D eigenvalue weighted by Crippen LogP contribution is -2.24. The average Bonchev–Trinajstić information content (AvgIpc) is 2.59. The number of aliphatic hydroxyl groups excluding tert-OH is 1. The zero-order valence-corrected chi connectivity index (χ0v) is 16.6. The lowest BCUT2D eigenvalue weighted by atomic mass is 10.0. The molecular formula is C18H21F3IN3O2. The van der Waals surface area contributed by atoms with E-state index in [1.807, 2.05) is 30.3 Å². The van der Waals surface area contributed by atoms with Gasteiger partial charge in [-0.2, -0.15) is 0 Å². The molecule has 2 aromatic carbocycles. The lowest BCUT2D eigenvalue weighted by Gasteiger charge is -2.14. The molecule has 0 radical (unpaired) electrons. The molecule has 0 aliphatic heterocycles. The second-order valence-electron chi connectivity index (χ2n) is 5.66. The number of benzene rings is 2. The Bertz CT molecular complexity index is 710.